The van der Waals surface area contributed by atoms with E-state index >= 15 is 0 Å². The zero-order valence-corrected chi connectivity index (χ0v) is 17.5. The van der Waals surface area contributed by atoms with Crippen molar-refractivity contribution >= 4 is 28.0 Å². The van der Waals surface area contributed by atoms with Crippen LogP contribution >= 0.6 is 0 Å². The highest BCUT2D eigenvalue weighted by atomic mass is 16.2. The minimum atomic E-state index is -0.0420. The molecule has 0 radical (unpaired) electrons. The van der Waals surface area contributed by atoms with Gasteiger partial charge in [-0.1, -0.05) is 20.8 Å². The average molecular weight is 399 g/mol. The molecule has 0 saturated carbocycles. The number of aromatic amines is 2. The van der Waals surface area contributed by atoms with Gasteiger partial charge in [-0.2, -0.15) is 0 Å². The Morgan fingerprint density at radius 1 is 1.03 bits per heavy atom. The Morgan fingerprint density at radius 3 is 2.57 bits per heavy atom. The molecule has 30 heavy (non-hydrogen) atoms. The van der Waals surface area contributed by atoms with Crippen LogP contribution in [-0.4, -0.2) is 43.3 Å². The number of rotatable bonds is 1. The van der Waals surface area contributed by atoms with Crippen LogP contribution in [0.3, 0.4) is 0 Å². The smallest absolute Gasteiger partial charge is 0.254 e. The highest BCUT2D eigenvalue weighted by molar-refractivity contribution is 5.97. The summed E-state index contributed by atoms with van der Waals surface area (Å²) in [5.41, 5.74) is 7.29. The lowest BCUT2D eigenvalue weighted by molar-refractivity contribution is -0.0261. The molecule has 4 aromatic rings. The first-order valence-corrected chi connectivity index (χ1v) is 10.6. The maximum atomic E-state index is 13.6. The SMILES string of the molecule is CC1(C)C2Cc3cc4nc[nH]c4cc3[C@]1(C)CCN2C(=O)c1ccc2nc[nH]c2c1. The van der Waals surface area contributed by atoms with E-state index < -0.39 is 0 Å². The molecule has 2 aliphatic rings. The van der Waals surface area contributed by atoms with Crippen molar-refractivity contribution in [3.05, 3.63) is 59.7 Å². The van der Waals surface area contributed by atoms with E-state index in [1.807, 2.05) is 18.2 Å². The first-order chi connectivity index (χ1) is 14.4. The zero-order chi connectivity index (χ0) is 20.7. The summed E-state index contributed by atoms with van der Waals surface area (Å²) in [4.78, 5) is 30.8. The van der Waals surface area contributed by atoms with Crippen LogP contribution < -0.4 is 0 Å². The van der Waals surface area contributed by atoms with Crippen LogP contribution in [0.15, 0.2) is 43.0 Å². The molecule has 1 amide bonds. The number of imidazole rings is 2. The third-order valence-corrected chi connectivity index (χ3v) is 8.07. The molecule has 1 fully saturated rings. The Kier molecular flexibility index (Phi) is 3.37. The molecule has 1 aliphatic heterocycles. The summed E-state index contributed by atoms with van der Waals surface area (Å²) in [5, 5.41) is 0. The van der Waals surface area contributed by atoms with Crippen LogP contribution in [0.2, 0.25) is 0 Å². The fourth-order valence-corrected chi connectivity index (χ4v) is 5.82. The zero-order valence-electron chi connectivity index (χ0n) is 17.5. The molecule has 6 heteroatoms. The fraction of sp³-hybridized carbons (Fsp3) is 0.375. The second-order valence-electron chi connectivity index (χ2n) is 9.59. The van der Waals surface area contributed by atoms with E-state index in [-0.39, 0.29) is 22.8 Å². The lowest BCUT2D eigenvalue weighted by Gasteiger charge is -2.60. The van der Waals surface area contributed by atoms with Crippen molar-refractivity contribution in [2.45, 2.75) is 45.1 Å². The van der Waals surface area contributed by atoms with Crippen molar-refractivity contribution in [1.82, 2.24) is 24.8 Å². The molecular formula is C24H25N5O. The number of piperidine rings is 1. The van der Waals surface area contributed by atoms with Gasteiger partial charge in [-0.3, -0.25) is 4.79 Å². The molecule has 1 saturated heterocycles. The van der Waals surface area contributed by atoms with Crippen molar-refractivity contribution in [2.24, 2.45) is 5.41 Å². The van der Waals surface area contributed by atoms with Crippen molar-refractivity contribution in [3.8, 4) is 0 Å². The van der Waals surface area contributed by atoms with Crippen molar-refractivity contribution in [2.75, 3.05) is 6.54 Å². The van der Waals surface area contributed by atoms with Crippen molar-refractivity contribution < 1.29 is 4.79 Å². The van der Waals surface area contributed by atoms with E-state index in [4.69, 9.17) is 0 Å². The van der Waals surface area contributed by atoms with E-state index in [9.17, 15) is 4.79 Å². The summed E-state index contributed by atoms with van der Waals surface area (Å²) in [7, 11) is 0. The average Bonchev–Trinajstić information content (AvgIpc) is 3.37. The van der Waals surface area contributed by atoms with Gasteiger partial charge in [0.05, 0.1) is 34.7 Å². The molecule has 2 aromatic carbocycles. The Morgan fingerprint density at radius 2 is 1.77 bits per heavy atom. The summed E-state index contributed by atoms with van der Waals surface area (Å²) >= 11 is 0. The lowest BCUT2D eigenvalue weighted by Crippen LogP contribution is -2.64. The lowest BCUT2D eigenvalue weighted by atomic mass is 9.51. The fourth-order valence-electron chi connectivity index (χ4n) is 5.82. The monoisotopic (exact) mass is 399 g/mol. The van der Waals surface area contributed by atoms with Crippen molar-refractivity contribution in [3.63, 3.8) is 0 Å². The van der Waals surface area contributed by atoms with E-state index in [0.717, 1.165) is 47.0 Å². The van der Waals surface area contributed by atoms with E-state index in [0.29, 0.717) is 0 Å². The molecule has 1 unspecified atom stereocenters. The van der Waals surface area contributed by atoms with E-state index in [1.54, 1.807) is 12.7 Å². The summed E-state index contributed by atoms with van der Waals surface area (Å²) in [6.45, 7) is 7.80. The molecule has 2 bridgehead atoms. The van der Waals surface area contributed by atoms with Gasteiger partial charge in [-0.25, -0.2) is 9.97 Å². The number of hydrogen-bond acceptors (Lipinski definition) is 3. The number of fused-ring (bicyclic) bond motifs is 6. The van der Waals surface area contributed by atoms with Gasteiger partial charge in [0.1, 0.15) is 0 Å². The molecule has 2 aromatic heterocycles. The maximum absolute atomic E-state index is 13.6. The van der Waals surface area contributed by atoms with Crippen LogP contribution in [0.1, 0.15) is 48.7 Å². The minimum absolute atomic E-state index is 0.00859. The van der Waals surface area contributed by atoms with Crippen LogP contribution in [0, 0.1) is 5.41 Å². The molecule has 2 atom stereocenters. The number of carbonyl (C=O) groups excluding carboxylic acids is 1. The van der Waals surface area contributed by atoms with Gasteiger partial charge in [0.2, 0.25) is 0 Å². The predicted molar refractivity (Wildman–Crippen MR) is 116 cm³/mol. The van der Waals surface area contributed by atoms with Gasteiger partial charge in [0.25, 0.3) is 5.91 Å². The van der Waals surface area contributed by atoms with Gasteiger partial charge in [0, 0.05) is 23.6 Å². The van der Waals surface area contributed by atoms with Crippen LogP contribution in [0.4, 0.5) is 0 Å². The maximum Gasteiger partial charge on any atom is 0.254 e. The quantitative estimate of drug-likeness (QED) is 0.504. The van der Waals surface area contributed by atoms with Gasteiger partial charge in [-0.15, -0.1) is 0 Å². The normalized spacial score (nSPS) is 24.9. The largest absolute Gasteiger partial charge is 0.345 e. The Balaban J connectivity index is 1.45. The number of hydrogen-bond donors (Lipinski definition) is 2. The standard InChI is InChI=1S/C24H25N5O/c1-23(2)21-10-15-9-19-20(28-13-27-19)11-16(15)24(23,3)6-7-29(21)22(30)14-4-5-17-18(8-14)26-12-25-17/h4-5,8-9,11-13,21H,6-7,10H2,1-3H3,(H,25,26)(H,27,28)/t21?,24-/m0/s1. The number of H-pyrrole nitrogens is 2. The number of nitrogens with one attached hydrogen (secondary N) is 2. The van der Waals surface area contributed by atoms with E-state index in [2.05, 4.69) is 57.7 Å². The number of nitrogens with zero attached hydrogens (tertiary/aromatic N) is 3. The highest BCUT2D eigenvalue weighted by Gasteiger charge is 2.56. The minimum Gasteiger partial charge on any atom is -0.345 e. The molecule has 6 rings (SSSR count). The second-order valence-corrected chi connectivity index (χ2v) is 9.59. The number of aromatic nitrogens is 4. The second kappa shape index (κ2) is 5.72. The number of amides is 1. The molecule has 1 aliphatic carbocycles. The Labute approximate surface area is 174 Å². The third-order valence-electron chi connectivity index (χ3n) is 8.07. The number of carbonyl (C=O) groups is 1. The Hall–Kier alpha value is -3.15. The topological polar surface area (TPSA) is 77.7 Å². The van der Waals surface area contributed by atoms with Gasteiger partial charge in [0.15, 0.2) is 0 Å². The predicted octanol–water partition coefficient (Wildman–Crippen LogP) is 4.19. The molecule has 2 N–H and O–H groups in total. The molecule has 152 valence electrons. The highest BCUT2D eigenvalue weighted by Crippen LogP contribution is 2.56. The number of benzene rings is 2. The van der Waals surface area contributed by atoms with E-state index in [1.165, 1.54) is 11.1 Å². The summed E-state index contributed by atoms with van der Waals surface area (Å²) in [6.07, 6.45) is 5.24. The van der Waals surface area contributed by atoms with Gasteiger partial charge in [-0.05, 0) is 59.7 Å². The summed E-state index contributed by atoms with van der Waals surface area (Å²) in [5.74, 6) is 0.107. The first-order valence-electron chi connectivity index (χ1n) is 10.6. The van der Waals surface area contributed by atoms with Gasteiger partial charge < -0.3 is 14.9 Å². The molecule has 6 nitrogen and oxygen atoms in total. The first kappa shape index (κ1) is 17.7. The molecule has 3 heterocycles. The summed E-state index contributed by atoms with van der Waals surface area (Å²) < 4.78 is 0. The third kappa shape index (κ3) is 2.16. The Bertz CT molecular complexity index is 1320. The van der Waals surface area contributed by atoms with Crippen LogP contribution in [-0.2, 0) is 11.8 Å². The number of likely N-dealkylation sites (tertiary alicyclic amines) is 1. The summed E-state index contributed by atoms with van der Waals surface area (Å²) in [6, 6.07) is 10.4. The van der Waals surface area contributed by atoms with Crippen molar-refractivity contribution in [1.29, 1.82) is 0 Å². The van der Waals surface area contributed by atoms with Gasteiger partial charge >= 0.3 is 0 Å². The molecular weight excluding hydrogens is 374 g/mol. The van der Waals surface area contributed by atoms with Crippen LogP contribution in [0.25, 0.3) is 22.1 Å². The van der Waals surface area contributed by atoms with Crippen LogP contribution in [0.5, 0.6) is 0 Å². The molecule has 0 spiro atoms.